The summed E-state index contributed by atoms with van der Waals surface area (Å²) in [6, 6.07) is 11.8. The zero-order valence-corrected chi connectivity index (χ0v) is 13.1. The van der Waals surface area contributed by atoms with E-state index < -0.39 is 12.0 Å². The van der Waals surface area contributed by atoms with Gasteiger partial charge in [0.25, 0.3) is 0 Å². The number of rotatable bonds is 4. The van der Waals surface area contributed by atoms with E-state index in [4.69, 9.17) is 6.42 Å². The fourth-order valence-corrected chi connectivity index (χ4v) is 2.23. The summed E-state index contributed by atoms with van der Waals surface area (Å²) in [5, 5.41) is 10.8. The molecular weight excluding hydrogens is 319 g/mol. The average molecular weight is 335 g/mol. The molecule has 0 amide bonds. The van der Waals surface area contributed by atoms with Gasteiger partial charge in [0, 0.05) is 30.9 Å². The Morgan fingerprint density at radius 3 is 1.79 bits per heavy atom. The first-order chi connectivity index (χ1) is 11.2. The van der Waals surface area contributed by atoms with Gasteiger partial charge in [-0.1, -0.05) is 30.2 Å². The molecule has 0 aliphatic carbocycles. The SMILES string of the molecule is C#CC(O)(c1ccc(OC(F)(F)F)cc1)c1ccc(N(C)C)cc1. The minimum absolute atomic E-state index is 0.275. The van der Waals surface area contributed by atoms with Crippen molar-refractivity contribution < 1.29 is 23.0 Å². The van der Waals surface area contributed by atoms with Gasteiger partial charge in [0.1, 0.15) is 5.75 Å². The molecular formula is C18H16F3NO2. The van der Waals surface area contributed by atoms with Crippen molar-refractivity contribution >= 4 is 5.69 Å². The zero-order chi connectivity index (χ0) is 18.0. The van der Waals surface area contributed by atoms with E-state index in [0.29, 0.717) is 5.56 Å². The molecule has 3 nitrogen and oxygen atoms in total. The van der Waals surface area contributed by atoms with Crippen molar-refractivity contribution in [3.63, 3.8) is 0 Å². The van der Waals surface area contributed by atoms with Crippen LogP contribution in [0.3, 0.4) is 0 Å². The summed E-state index contributed by atoms with van der Waals surface area (Å²) >= 11 is 0. The molecule has 6 heteroatoms. The standard InChI is InChI=1S/C18H16F3NO2/c1-4-17(23,13-5-9-15(10-6-13)22(2)3)14-7-11-16(12-8-14)24-18(19,20)21/h1,5-12,23H,2-3H3. The summed E-state index contributed by atoms with van der Waals surface area (Å²) in [5.41, 5.74) is -0.106. The van der Waals surface area contributed by atoms with Crippen LogP contribution < -0.4 is 9.64 Å². The van der Waals surface area contributed by atoms with Gasteiger partial charge in [-0.2, -0.15) is 0 Å². The lowest BCUT2D eigenvalue weighted by atomic mass is 9.87. The highest BCUT2D eigenvalue weighted by atomic mass is 19.4. The summed E-state index contributed by atoms with van der Waals surface area (Å²) in [6.07, 6.45) is 0.715. The topological polar surface area (TPSA) is 32.7 Å². The van der Waals surface area contributed by atoms with Crippen LogP contribution in [0.5, 0.6) is 5.75 Å². The molecule has 0 heterocycles. The Labute approximate surface area is 138 Å². The van der Waals surface area contributed by atoms with E-state index >= 15 is 0 Å². The maximum absolute atomic E-state index is 12.2. The highest BCUT2D eigenvalue weighted by Gasteiger charge is 2.32. The first kappa shape index (κ1) is 17.7. The predicted molar refractivity (Wildman–Crippen MR) is 85.7 cm³/mol. The van der Waals surface area contributed by atoms with Crippen molar-refractivity contribution in [2.24, 2.45) is 0 Å². The molecule has 0 aromatic heterocycles. The van der Waals surface area contributed by atoms with Crippen molar-refractivity contribution in [3.05, 3.63) is 59.7 Å². The summed E-state index contributed by atoms with van der Waals surface area (Å²) in [4.78, 5) is 1.89. The van der Waals surface area contributed by atoms with Crippen LogP contribution >= 0.6 is 0 Å². The molecule has 24 heavy (non-hydrogen) atoms. The van der Waals surface area contributed by atoms with Crippen molar-refractivity contribution in [1.29, 1.82) is 0 Å². The van der Waals surface area contributed by atoms with Crippen LogP contribution in [0.4, 0.5) is 18.9 Å². The van der Waals surface area contributed by atoms with E-state index in [2.05, 4.69) is 10.7 Å². The number of terminal acetylenes is 1. The third-order valence-corrected chi connectivity index (χ3v) is 3.52. The summed E-state index contributed by atoms with van der Waals surface area (Å²) in [7, 11) is 3.75. The Kier molecular flexibility index (Phi) is 4.76. The number of benzene rings is 2. The van der Waals surface area contributed by atoms with Crippen LogP contribution in [-0.4, -0.2) is 25.6 Å². The molecule has 0 aliphatic rings. The third-order valence-electron chi connectivity index (χ3n) is 3.52. The Hall–Kier alpha value is -2.65. The Morgan fingerprint density at radius 1 is 0.958 bits per heavy atom. The van der Waals surface area contributed by atoms with Gasteiger partial charge < -0.3 is 14.7 Å². The maximum Gasteiger partial charge on any atom is 0.573 e. The molecule has 1 N–H and O–H groups in total. The Morgan fingerprint density at radius 2 is 1.42 bits per heavy atom. The summed E-state index contributed by atoms with van der Waals surface area (Å²) in [5.74, 6) is 1.93. The normalized spacial score (nSPS) is 13.7. The predicted octanol–water partition coefficient (Wildman–Crippen LogP) is 3.52. The van der Waals surface area contributed by atoms with Crippen molar-refractivity contribution in [2.45, 2.75) is 12.0 Å². The van der Waals surface area contributed by atoms with Gasteiger partial charge in [-0.3, -0.25) is 0 Å². The minimum atomic E-state index is -4.77. The van der Waals surface area contributed by atoms with Crippen LogP contribution in [0, 0.1) is 12.3 Å². The molecule has 0 radical (unpaired) electrons. The molecule has 2 aromatic carbocycles. The van der Waals surface area contributed by atoms with Crippen LogP contribution in [0.2, 0.25) is 0 Å². The average Bonchev–Trinajstić information content (AvgIpc) is 2.53. The molecule has 2 rings (SSSR count). The van der Waals surface area contributed by atoms with Gasteiger partial charge in [-0.15, -0.1) is 19.6 Å². The highest BCUT2D eigenvalue weighted by Crippen LogP contribution is 2.32. The van der Waals surface area contributed by atoms with E-state index in [1.54, 1.807) is 24.3 Å². The van der Waals surface area contributed by atoms with Crippen molar-refractivity contribution in [3.8, 4) is 18.1 Å². The Bertz CT molecular complexity index is 731. The summed E-state index contributed by atoms with van der Waals surface area (Å²) in [6.45, 7) is 0. The number of nitrogens with zero attached hydrogens (tertiary/aromatic N) is 1. The molecule has 0 fully saturated rings. The largest absolute Gasteiger partial charge is 0.573 e. The van der Waals surface area contributed by atoms with Crippen LogP contribution in [0.1, 0.15) is 11.1 Å². The van der Waals surface area contributed by atoms with Crippen LogP contribution in [0.25, 0.3) is 0 Å². The fraction of sp³-hybridized carbons (Fsp3) is 0.222. The molecule has 126 valence electrons. The monoisotopic (exact) mass is 335 g/mol. The number of aliphatic hydroxyl groups is 1. The summed E-state index contributed by atoms with van der Waals surface area (Å²) < 4.78 is 40.4. The van der Waals surface area contributed by atoms with E-state index in [9.17, 15) is 18.3 Å². The van der Waals surface area contributed by atoms with Gasteiger partial charge in [-0.25, -0.2) is 0 Å². The van der Waals surface area contributed by atoms with Gasteiger partial charge >= 0.3 is 6.36 Å². The van der Waals surface area contributed by atoms with Crippen LogP contribution in [-0.2, 0) is 5.60 Å². The minimum Gasteiger partial charge on any atom is -0.406 e. The number of ether oxygens (including phenoxy) is 1. The molecule has 1 atom stereocenters. The lowest BCUT2D eigenvalue weighted by molar-refractivity contribution is -0.274. The second kappa shape index (κ2) is 6.46. The molecule has 0 bridgehead atoms. The van der Waals surface area contributed by atoms with Crippen LogP contribution in [0.15, 0.2) is 48.5 Å². The van der Waals surface area contributed by atoms with Gasteiger partial charge in [0.05, 0.1) is 0 Å². The Balaban J connectivity index is 2.34. The molecule has 0 saturated carbocycles. The molecule has 2 aromatic rings. The van der Waals surface area contributed by atoms with Crippen molar-refractivity contribution in [2.75, 3.05) is 19.0 Å². The fourth-order valence-electron chi connectivity index (χ4n) is 2.23. The van der Waals surface area contributed by atoms with E-state index in [0.717, 1.165) is 17.8 Å². The number of hydrogen-bond acceptors (Lipinski definition) is 3. The second-order valence-electron chi connectivity index (χ2n) is 5.37. The lowest BCUT2D eigenvalue weighted by Crippen LogP contribution is -2.25. The quantitative estimate of drug-likeness (QED) is 0.868. The smallest absolute Gasteiger partial charge is 0.406 e. The number of hydrogen-bond donors (Lipinski definition) is 1. The van der Waals surface area contributed by atoms with Crippen molar-refractivity contribution in [1.82, 2.24) is 0 Å². The van der Waals surface area contributed by atoms with Gasteiger partial charge in [-0.05, 0) is 24.3 Å². The van der Waals surface area contributed by atoms with E-state index in [1.807, 2.05) is 19.0 Å². The zero-order valence-electron chi connectivity index (χ0n) is 13.1. The van der Waals surface area contributed by atoms with Gasteiger partial charge in [0.15, 0.2) is 5.60 Å². The molecule has 1 unspecified atom stereocenters. The number of alkyl halides is 3. The second-order valence-corrected chi connectivity index (χ2v) is 5.37. The lowest BCUT2D eigenvalue weighted by Gasteiger charge is -2.24. The first-order valence-electron chi connectivity index (χ1n) is 7.00. The third kappa shape index (κ3) is 3.81. The molecule has 0 spiro atoms. The molecule has 0 saturated heterocycles. The number of halogens is 3. The highest BCUT2D eigenvalue weighted by molar-refractivity contribution is 5.51. The molecule has 0 aliphatic heterocycles. The van der Waals surface area contributed by atoms with E-state index in [1.165, 1.54) is 12.1 Å². The first-order valence-corrected chi connectivity index (χ1v) is 7.00. The van der Waals surface area contributed by atoms with E-state index in [-0.39, 0.29) is 11.3 Å². The van der Waals surface area contributed by atoms with Gasteiger partial charge in [0.2, 0.25) is 0 Å². The maximum atomic E-state index is 12.2. The number of anilines is 1.